The van der Waals surface area contributed by atoms with Crippen LogP contribution < -0.4 is 5.32 Å². The summed E-state index contributed by atoms with van der Waals surface area (Å²) in [6.07, 6.45) is -13.6. The van der Waals surface area contributed by atoms with Gasteiger partial charge < -0.3 is 34.7 Å². The summed E-state index contributed by atoms with van der Waals surface area (Å²) in [6, 6.07) is 0. The van der Waals surface area contributed by atoms with E-state index in [0.717, 1.165) is 6.92 Å². The largest absolute Gasteiger partial charge is 0.490 e. The summed E-state index contributed by atoms with van der Waals surface area (Å²) in [5, 5.41) is 11.2. The lowest BCUT2D eigenvalue weighted by atomic mass is 10.3. The van der Waals surface area contributed by atoms with Gasteiger partial charge in [0, 0.05) is 6.20 Å². The van der Waals surface area contributed by atoms with Gasteiger partial charge in [0.15, 0.2) is 10.9 Å². The summed E-state index contributed by atoms with van der Waals surface area (Å²) < 4.78 is 101. The van der Waals surface area contributed by atoms with Crippen molar-refractivity contribution in [2.75, 3.05) is 0 Å². The molecule has 3 unspecified atom stereocenters. The van der Waals surface area contributed by atoms with Crippen molar-refractivity contribution in [2.45, 2.75) is 31.7 Å². The maximum atomic E-state index is 13.7. The molecule has 14 nitrogen and oxygen atoms in total. The monoisotopic (exact) mass is 556 g/mol. The number of phosphoric acid groups is 3. The number of halogens is 4. The number of thiocarbonyl (C=S) groups is 1. The van der Waals surface area contributed by atoms with Gasteiger partial charge in [-0.05, 0) is 19.1 Å². The number of nitrogens with zero attached hydrogens (tertiary/aromatic N) is 1. The third kappa shape index (κ3) is 9.23. The molecule has 0 saturated carbocycles. The first-order chi connectivity index (χ1) is 14.1. The minimum absolute atomic E-state index is 0.307. The second-order valence-electron chi connectivity index (χ2n) is 5.58. The number of allylic oxidation sites excluding steroid dienone is 1. The number of aliphatic hydroxyl groups excluding tert-OH is 1. The minimum atomic E-state index is -6.15. The zero-order valence-corrected chi connectivity index (χ0v) is 18.8. The topological polar surface area (TPSA) is 205 Å². The maximum absolute atomic E-state index is 13.7. The van der Waals surface area contributed by atoms with Crippen LogP contribution in [-0.2, 0) is 31.6 Å². The molecule has 32 heavy (non-hydrogen) atoms. The molecule has 0 fully saturated rings. The highest BCUT2D eigenvalue weighted by atomic mass is 32.1. The van der Waals surface area contributed by atoms with Crippen LogP contribution >= 0.6 is 35.7 Å². The Morgan fingerprint density at radius 1 is 1.16 bits per heavy atom. The Balaban J connectivity index is 3.13. The highest BCUT2D eigenvalue weighted by molar-refractivity contribution is 7.80. The van der Waals surface area contributed by atoms with E-state index in [4.69, 9.17) is 26.9 Å². The predicted octanol–water partition coefficient (Wildman–Crippen LogP) is 1.46. The van der Waals surface area contributed by atoms with Gasteiger partial charge in [0.2, 0.25) is 12.4 Å². The second kappa shape index (κ2) is 10.2. The van der Waals surface area contributed by atoms with Gasteiger partial charge in [-0.25, -0.2) is 18.1 Å². The van der Waals surface area contributed by atoms with Crippen LogP contribution in [0.3, 0.4) is 0 Å². The second-order valence-corrected chi connectivity index (χ2v) is 10.3. The fourth-order valence-corrected chi connectivity index (χ4v) is 5.20. The highest BCUT2D eigenvalue weighted by Gasteiger charge is 2.50. The van der Waals surface area contributed by atoms with Crippen LogP contribution in [0, 0.1) is 0 Å². The number of phosphoric ester groups is 1. The van der Waals surface area contributed by atoms with Crippen LogP contribution in [-0.4, -0.2) is 59.5 Å². The van der Waals surface area contributed by atoms with E-state index in [0.29, 0.717) is 11.1 Å². The van der Waals surface area contributed by atoms with Crippen LogP contribution in [0.5, 0.6) is 0 Å². The number of ether oxygens (including phenoxy) is 1. The molecular formula is C10H15F4N2O12P3S. The summed E-state index contributed by atoms with van der Waals surface area (Å²) >= 11 is 4.81. The molecule has 5 atom stereocenters. The molecule has 1 rings (SSSR count). The third-order valence-corrected chi connectivity index (χ3v) is 7.12. The van der Waals surface area contributed by atoms with Crippen molar-refractivity contribution in [3.05, 3.63) is 24.3 Å². The third-order valence-electron chi connectivity index (χ3n) is 3.00. The standard InChI is InChI=1S/C10H15F4N2O12P3S/c1-4-6(11)3-16(9(32)15-4)5(2)25-8(7(17)10(12,13)14)26-30(21,22)28-31(23,24)27-29(18,19)20/h3,5,7-8,17H,1H2,2H3,(H,15,32)(H,21,22)(H,23,24)(H2,18,19,20)/t5-,7+,8?/m1/s1. The Bertz CT molecular complexity index is 925. The number of hydrogen-bond acceptors (Lipinski definition) is 9. The zero-order valence-electron chi connectivity index (χ0n) is 15.3. The first-order valence-corrected chi connectivity index (χ1v) is 12.4. The van der Waals surface area contributed by atoms with E-state index < -0.39 is 54.1 Å². The summed E-state index contributed by atoms with van der Waals surface area (Å²) in [4.78, 5) is 36.0. The first kappa shape index (κ1) is 29.3. The van der Waals surface area contributed by atoms with Crippen LogP contribution in [0.15, 0.2) is 24.3 Å². The van der Waals surface area contributed by atoms with E-state index in [1.54, 1.807) is 0 Å². The van der Waals surface area contributed by atoms with Gasteiger partial charge in [0.25, 0.3) is 0 Å². The first-order valence-electron chi connectivity index (χ1n) is 7.52. The van der Waals surface area contributed by atoms with Crippen LogP contribution in [0.4, 0.5) is 17.6 Å². The molecular weight excluding hydrogens is 541 g/mol. The summed E-state index contributed by atoms with van der Waals surface area (Å²) in [5.74, 6) is -1.03. The van der Waals surface area contributed by atoms with E-state index in [2.05, 4.69) is 29.8 Å². The van der Waals surface area contributed by atoms with Crippen molar-refractivity contribution in [2.24, 2.45) is 0 Å². The molecule has 0 aromatic carbocycles. The number of hydrogen-bond donors (Lipinski definition) is 6. The lowest BCUT2D eigenvalue weighted by Gasteiger charge is -2.35. The Morgan fingerprint density at radius 2 is 1.69 bits per heavy atom. The average molecular weight is 556 g/mol. The van der Waals surface area contributed by atoms with E-state index in [1.165, 1.54) is 0 Å². The van der Waals surface area contributed by atoms with E-state index >= 15 is 0 Å². The van der Waals surface area contributed by atoms with Gasteiger partial charge in [-0.1, -0.05) is 6.58 Å². The van der Waals surface area contributed by atoms with Gasteiger partial charge in [-0.15, -0.1) is 0 Å². The van der Waals surface area contributed by atoms with E-state index in [1.807, 2.05) is 0 Å². The SMILES string of the molecule is C=C1NC(=S)N([C@@H](C)OC(OP(=O)(O)OP(=O)(O)OP(=O)(O)O)[C@H](O)C(F)(F)F)C=C1F. The molecule has 0 aromatic heterocycles. The molecule has 1 heterocycles. The zero-order chi connectivity index (χ0) is 25.3. The van der Waals surface area contributed by atoms with Crippen molar-refractivity contribution >= 4 is 40.8 Å². The molecule has 1 aliphatic rings. The Labute approximate surface area is 181 Å². The summed E-state index contributed by atoms with van der Waals surface area (Å²) in [6.45, 7) is 4.17. The lowest BCUT2D eigenvalue weighted by molar-refractivity contribution is -0.286. The van der Waals surface area contributed by atoms with Gasteiger partial charge in [0.1, 0.15) is 6.23 Å². The van der Waals surface area contributed by atoms with Gasteiger partial charge >= 0.3 is 29.6 Å². The number of rotatable bonds is 10. The molecule has 6 N–H and O–H groups in total. The van der Waals surface area contributed by atoms with Crippen LogP contribution in [0.2, 0.25) is 0 Å². The van der Waals surface area contributed by atoms with Crippen LogP contribution in [0.1, 0.15) is 6.92 Å². The predicted molar refractivity (Wildman–Crippen MR) is 97.3 cm³/mol. The molecule has 186 valence electrons. The molecule has 0 aliphatic carbocycles. The Kier molecular flexibility index (Phi) is 9.35. The van der Waals surface area contributed by atoms with Gasteiger partial charge in [-0.2, -0.15) is 21.8 Å². The van der Waals surface area contributed by atoms with Gasteiger partial charge in [-0.3, -0.25) is 9.42 Å². The van der Waals surface area contributed by atoms with Crippen molar-refractivity contribution in [1.82, 2.24) is 10.2 Å². The lowest BCUT2D eigenvalue weighted by Crippen LogP contribution is -2.50. The minimum Gasteiger partial charge on any atom is -0.379 e. The van der Waals surface area contributed by atoms with Crippen molar-refractivity contribution < 1.29 is 73.8 Å². The summed E-state index contributed by atoms with van der Waals surface area (Å²) in [5.41, 5.74) is -0.307. The van der Waals surface area contributed by atoms with E-state index in [9.17, 15) is 41.3 Å². The normalized spacial score (nSPS) is 22.3. The Morgan fingerprint density at radius 3 is 2.16 bits per heavy atom. The van der Waals surface area contributed by atoms with Crippen molar-refractivity contribution in [3.8, 4) is 0 Å². The molecule has 0 saturated heterocycles. The fourth-order valence-electron chi connectivity index (χ4n) is 1.78. The van der Waals surface area contributed by atoms with Gasteiger partial charge in [0.05, 0.1) is 5.70 Å². The molecule has 0 spiro atoms. The van der Waals surface area contributed by atoms with Crippen LogP contribution in [0.25, 0.3) is 0 Å². The highest BCUT2D eigenvalue weighted by Crippen LogP contribution is 2.66. The number of alkyl halides is 3. The molecule has 0 amide bonds. The Hall–Kier alpha value is -0.780. The van der Waals surface area contributed by atoms with Crippen molar-refractivity contribution in [1.29, 1.82) is 0 Å². The molecule has 22 heteroatoms. The van der Waals surface area contributed by atoms with Crippen molar-refractivity contribution in [3.63, 3.8) is 0 Å². The maximum Gasteiger partial charge on any atom is 0.490 e. The smallest absolute Gasteiger partial charge is 0.379 e. The molecule has 0 radical (unpaired) electrons. The number of nitrogens with one attached hydrogen (secondary N) is 1. The molecule has 0 aromatic rings. The number of aliphatic hydroxyl groups is 1. The quantitative estimate of drug-likeness (QED) is 0.0975. The molecule has 0 bridgehead atoms. The average Bonchev–Trinajstić information content (AvgIpc) is 2.52. The van der Waals surface area contributed by atoms with E-state index in [-0.39, 0.29) is 10.8 Å². The molecule has 1 aliphatic heterocycles. The fraction of sp³-hybridized carbons (Fsp3) is 0.500. The summed E-state index contributed by atoms with van der Waals surface area (Å²) in [7, 11) is -18.0.